The predicted octanol–water partition coefficient (Wildman–Crippen LogP) is -0.450. The Morgan fingerprint density at radius 1 is 1.39 bits per heavy atom. The van der Waals surface area contributed by atoms with E-state index in [1.807, 2.05) is 0 Å². The van der Waals surface area contributed by atoms with Gasteiger partial charge in [0.1, 0.15) is 28.1 Å². The monoisotopic (exact) mass is 627 g/mol. The summed E-state index contributed by atoms with van der Waals surface area (Å²) >= 11 is 3.37. The number of carbonyl (C=O) groups excluding carboxylic acids is 4. The summed E-state index contributed by atoms with van der Waals surface area (Å²) < 4.78 is 5.15. The smallest absolute Gasteiger partial charge is 0.347 e. The number of carbonyl (C=O) groups is 5. The molecule has 0 aliphatic carbocycles. The standard InChI is InChI=1S/C21H25N9O8S3/c1-20(2,3)38-11(32)4-37-27-12(10-5-39-18(23-10)22-9-31)14(33)24-13-15(34)30-6-21(17(35)36,7-40-16(13)30)8-41-19-25-28-29-26-19/h5,9,13,16H,4,6-8H2,1-3H3,(H,24,33)(H,35,36)(H,22,23,31)(H,25,26,28,29)/t13?,16-,21?/m1/s1. The van der Waals surface area contributed by atoms with Gasteiger partial charge in [-0.05, 0) is 31.2 Å². The summed E-state index contributed by atoms with van der Waals surface area (Å²) in [6, 6.07) is -0.965. The van der Waals surface area contributed by atoms with Crippen LogP contribution in [0.1, 0.15) is 26.5 Å². The summed E-state index contributed by atoms with van der Waals surface area (Å²) in [6.45, 7) is 4.39. The molecule has 4 N–H and O–H groups in total. The average molecular weight is 628 g/mol. The molecular formula is C21H25N9O8S3. The van der Waals surface area contributed by atoms with Crippen LogP contribution in [0, 0.1) is 5.41 Å². The number of aliphatic carboxylic acids is 1. The fourth-order valence-corrected chi connectivity index (χ4v) is 7.01. The quantitative estimate of drug-likeness (QED) is 0.0583. The van der Waals surface area contributed by atoms with Crippen LogP contribution in [0.2, 0.25) is 0 Å². The lowest BCUT2D eigenvalue weighted by molar-refractivity contribution is -0.160. The van der Waals surface area contributed by atoms with Gasteiger partial charge in [0.05, 0.1) is 0 Å². The number of anilines is 1. The summed E-state index contributed by atoms with van der Waals surface area (Å²) in [7, 11) is 0. The number of amides is 3. The highest BCUT2D eigenvalue weighted by Gasteiger charge is 2.57. The molecule has 20 heteroatoms. The number of carboxylic acid groups (broad SMARTS) is 1. The first-order chi connectivity index (χ1) is 19.4. The molecule has 4 heterocycles. The molecule has 0 aromatic carbocycles. The molecule has 0 radical (unpaired) electrons. The molecule has 2 aliphatic rings. The van der Waals surface area contributed by atoms with E-state index in [-0.39, 0.29) is 34.6 Å². The van der Waals surface area contributed by atoms with Gasteiger partial charge in [-0.1, -0.05) is 16.9 Å². The lowest BCUT2D eigenvalue weighted by Gasteiger charge is -2.53. The first-order valence-corrected chi connectivity index (χ1v) is 14.7. The van der Waals surface area contributed by atoms with Crippen molar-refractivity contribution >= 4 is 75.9 Å². The van der Waals surface area contributed by atoms with Gasteiger partial charge in [0, 0.05) is 23.4 Å². The predicted molar refractivity (Wildman–Crippen MR) is 145 cm³/mol. The van der Waals surface area contributed by atoms with E-state index in [9.17, 15) is 29.1 Å². The van der Waals surface area contributed by atoms with Crippen LogP contribution in [0.4, 0.5) is 5.13 Å². The molecule has 0 bridgehead atoms. The number of rotatable bonds is 12. The van der Waals surface area contributed by atoms with Gasteiger partial charge in [0.15, 0.2) is 10.8 Å². The number of carboxylic acids is 1. The van der Waals surface area contributed by atoms with Gasteiger partial charge in [-0.3, -0.25) is 19.2 Å². The number of ether oxygens (including phenoxy) is 1. The van der Waals surface area contributed by atoms with Gasteiger partial charge in [0.25, 0.3) is 5.91 Å². The molecule has 2 aliphatic heterocycles. The third kappa shape index (κ3) is 7.11. The van der Waals surface area contributed by atoms with Crippen LogP contribution in [0.15, 0.2) is 15.7 Å². The number of hydrogen-bond donors (Lipinski definition) is 4. The number of hydrogen-bond acceptors (Lipinski definition) is 15. The molecule has 220 valence electrons. The first-order valence-electron chi connectivity index (χ1n) is 11.8. The van der Waals surface area contributed by atoms with Crippen LogP contribution >= 0.6 is 34.9 Å². The van der Waals surface area contributed by atoms with Gasteiger partial charge >= 0.3 is 11.9 Å². The number of esters is 1. The van der Waals surface area contributed by atoms with Gasteiger partial charge in [0.2, 0.25) is 24.1 Å². The Labute approximate surface area is 244 Å². The highest BCUT2D eigenvalue weighted by atomic mass is 32.2. The topological polar surface area (TPSA) is 231 Å². The second kappa shape index (κ2) is 12.4. The van der Waals surface area contributed by atoms with E-state index >= 15 is 0 Å². The van der Waals surface area contributed by atoms with E-state index in [2.05, 4.69) is 41.4 Å². The SMILES string of the molecule is CC(C)(C)OC(=O)CON=C(C(=O)NC1C(=O)N2CC(CSc3nnn[nH]3)(C(=O)O)CS[C@H]12)c1csc(NC=O)n1. The summed E-state index contributed by atoms with van der Waals surface area (Å²) in [5.41, 5.74) is -2.32. The molecule has 2 fully saturated rings. The Hall–Kier alpha value is -3.78. The number of β-lactam (4-membered cyclic amide) rings is 1. The van der Waals surface area contributed by atoms with Crippen molar-refractivity contribution in [3.8, 4) is 0 Å². The van der Waals surface area contributed by atoms with Gasteiger partial charge in [-0.25, -0.2) is 14.9 Å². The van der Waals surface area contributed by atoms with Gasteiger partial charge in [-0.15, -0.1) is 28.2 Å². The largest absolute Gasteiger partial charge is 0.481 e. The Balaban J connectivity index is 1.44. The maximum atomic E-state index is 13.2. The van der Waals surface area contributed by atoms with Crippen molar-refractivity contribution in [1.29, 1.82) is 0 Å². The summed E-state index contributed by atoms with van der Waals surface area (Å²) in [6.07, 6.45) is 0.415. The fraction of sp³-hybridized carbons (Fsp3) is 0.524. The van der Waals surface area contributed by atoms with Gasteiger partial charge < -0.3 is 30.2 Å². The molecular weight excluding hydrogens is 602 g/mol. The number of H-pyrrole nitrogens is 1. The molecule has 4 rings (SSSR count). The molecule has 41 heavy (non-hydrogen) atoms. The zero-order chi connectivity index (χ0) is 29.8. The number of oxime groups is 1. The van der Waals surface area contributed by atoms with Crippen molar-refractivity contribution in [1.82, 2.24) is 35.8 Å². The molecule has 2 aromatic rings. The molecule has 0 spiro atoms. The molecule has 3 amide bonds. The second-order valence-corrected chi connectivity index (χ2v) is 12.7. The van der Waals surface area contributed by atoms with Crippen LogP contribution in [0.25, 0.3) is 0 Å². The van der Waals surface area contributed by atoms with Crippen molar-refractivity contribution in [2.24, 2.45) is 10.6 Å². The van der Waals surface area contributed by atoms with E-state index in [1.54, 1.807) is 20.8 Å². The van der Waals surface area contributed by atoms with Crippen LogP contribution in [0.5, 0.6) is 0 Å². The van der Waals surface area contributed by atoms with E-state index in [1.165, 1.54) is 22.0 Å². The molecule has 2 aromatic heterocycles. The number of nitrogens with one attached hydrogen (secondary N) is 3. The minimum atomic E-state index is -1.26. The number of nitrogens with zero attached hydrogens (tertiary/aromatic N) is 6. The molecule has 2 unspecified atom stereocenters. The fourth-order valence-electron chi connectivity index (χ4n) is 3.76. The van der Waals surface area contributed by atoms with Crippen molar-refractivity contribution in [3.63, 3.8) is 0 Å². The number of thiazole rings is 1. The van der Waals surface area contributed by atoms with E-state index in [0.717, 1.165) is 23.1 Å². The van der Waals surface area contributed by atoms with Crippen molar-refractivity contribution in [3.05, 3.63) is 11.1 Å². The number of aromatic nitrogens is 5. The minimum Gasteiger partial charge on any atom is -0.481 e. The Morgan fingerprint density at radius 3 is 2.83 bits per heavy atom. The van der Waals surface area contributed by atoms with E-state index in [4.69, 9.17) is 9.57 Å². The molecule has 17 nitrogen and oxygen atoms in total. The number of tetrazole rings is 1. The Bertz CT molecular complexity index is 1350. The third-order valence-corrected chi connectivity index (χ3v) is 9.10. The van der Waals surface area contributed by atoms with Crippen LogP contribution in [0.3, 0.4) is 0 Å². The Kier molecular flexibility index (Phi) is 9.12. The van der Waals surface area contributed by atoms with Gasteiger partial charge in [-0.2, -0.15) is 0 Å². The van der Waals surface area contributed by atoms with Crippen molar-refractivity contribution in [2.75, 3.05) is 30.0 Å². The summed E-state index contributed by atoms with van der Waals surface area (Å²) in [5, 5.41) is 33.4. The summed E-state index contributed by atoms with van der Waals surface area (Å²) in [5.74, 6) is -2.78. The minimum absolute atomic E-state index is 0.0322. The number of fused-ring (bicyclic) bond motifs is 1. The highest BCUT2D eigenvalue weighted by Crippen LogP contribution is 2.44. The zero-order valence-corrected chi connectivity index (χ0v) is 24.3. The lowest BCUT2D eigenvalue weighted by Crippen LogP contribution is -2.74. The highest BCUT2D eigenvalue weighted by molar-refractivity contribution is 8.00. The zero-order valence-electron chi connectivity index (χ0n) is 21.9. The third-order valence-electron chi connectivity index (χ3n) is 5.60. The van der Waals surface area contributed by atoms with Crippen LogP contribution in [-0.2, 0) is 33.5 Å². The number of aromatic amines is 1. The second-order valence-electron chi connectivity index (χ2n) is 9.80. The van der Waals surface area contributed by atoms with E-state index < -0.39 is 52.8 Å². The van der Waals surface area contributed by atoms with E-state index in [0.29, 0.717) is 11.6 Å². The average Bonchev–Trinajstić information content (AvgIpc) is 3.60. The molecule has 3 atom stereocenters. The molecule has 0 saturated carbocycles. The first kappa shape index (κ1) is 30.2. The summed E-state index contributed by atoms with van der Waals surface area (Å²) in [4.78, 5) is 71.8. The Morgan fingerprint density at radius 2 is 2.17 bits per heavy atom. The van der Waals surface area contributed by atoms with Crippen molar-refractivity contribution < 1.29 is 38.7 Å². The van der Waals surface area contributed by atoms with Crippen molar-refractivity contribution in [2.45, 2.75) is 42.9 Å². The maximum Gasteiger partial charge on any atom is 0.347 e. The normalized spacial score (nSPS) is 22.3. The van der Waals surface area contributed by atoms with Crippen LogP contribution in [-0.4, -0.2) is 113 Å². The lowest BCUT2D eigenvalue weighted by atomic mass is 9.89. The molecule has 2 saturated heterocycles. The number of thioether (sulfide) groups is 2. The van der Waals surface area contributed by atoms with Crippen LogP contribution < -0.4 is 10.6 Å². The maximum absolute atomic E-state index is 13.2.